The monoisotopic (exact) mass is 146 g/mol. The van der Waals surface area contributed by atoms with Crippen LogP contribution in [0.4, 0.5) is 0 Å². The Morgan fingerprint density at radius 3 is 2.56 bits per heavy atom. The Hall–Kier alpha value is 0.310. The predicted octanol–water partition coefficient (Wildman–Crippen LogP) is 1.99. The molecule has 0 rings (SSSR count). The summed E-state index contributed by atoms with van der Waals surface area (Å²) in [4.78, 5) is 0. The summed E-state index contributed by atoms with van der Waals surface area (Å²) < 4.78 is 0. The van der Waals surface area contributed by atoms with Gasteiger partial charge in [-0.1, -0.05) is 19.8 Å². The molecule has 0 aliphatic heterocycles. The van der Waals surface area contributed by atoms with Crippen molar-refractivity contribution in [1.29, 1.82) is 0 Å². The van der Waals surface area contributed by atoms with Gasteiger partial charge in [-0.05, 0) is 13.3 Å². The molecule has 1 nitrogen and oxygen atoms in total. The van der Waals surface area contributed by atoms with Crippen LogP contribution in [0.5, 0.6) is 0 Å². The van der Waals surface area contributed by atoms with Gasteiger partial charge in [0.05, 0.1) is 0 Å². The fourth-order valence-electron chi connectivity index (χ4n) is 0.586. The average molecular weight is 146 g/mol. The Kier molecular flexibility index (Phi) is 5.30. The Bertz CT molecular complexity index is 63.9. The van der Waals surface area contributed by atoms with Crippen LogP contribution < -0.4 is 5.73 Å². The number of hydrogen-bond acceptors (Lipinski definition) is 2. The maximum absolute atomic E-state index is 5.56. The zero-order chi connectivity index (χ0) is 7.28. The van der Waals surface area contributed by atoms with Gasteiger partial charge in [-0.15, -0.1) is 0 Å². The van der Waals surface area contributed by atoms with E-state index in [9.17, 15) is 0 Å². The molecule has 0 fully saturated rings. The lowest BCUT2D eigenvalue weighted by Crippen LogP contribution is -2.20. The maximum Gasteiger partial charge on any atom is 0.0436 e. The highest BCUT2D eigenvalue weighted by Crippen LogP contribution is 2.17. The van der Waals surface area contributed by atoms with Crippen molar-refractivity contribution in [3.05, 3.63) is 5.25 Å². The summed E-state index contributed by atoms with van der Waals surface area (Å²) in [7, 11) is 0. The van der Waals surface area contributed by atoms with E-state index in [1.165, 1.54) is 12.8 Å². The van der Waals surface area contributed by atoms with E-state index in [1.54, 1.807) is 0 Å². The third-order valence-corrected chi connectivity index (χ3v) is 1.94. The fraction of sp³-hybridized carbons (Fsp3) is 0.857. The lowest BCUT2D eigenvalue weighted by Gasteiger charge is -2.11. The van der Waals surface area contributed by atoms with Crippen LogP contribution in [-0.4, -0.2) is 6.04 Å². The number of rotatable bonds is 4. The first-order valence-electron chi connectivity index (χ1n) is 3.48. The molecule has 1 unspecified atom stereocenters. The van der Waals surface area contributed by atoms with Crippen LogP contribution in [0.25, 0.3) is 0 Å². The first kappa shape index (κ1) is 9.31. The average Bonchev–Trinajstić information content (AvgIpc) is 1.82. The lowest BCUT2D eigenvalue weighted by atomic mass is 10.1. The summed E-state index contributed by atoms with van der Waals surface area (Å²) in [5, 5.41) is 1.12. The molecule has 0 aromatic rings. The molecule has 1 radical (unpaired) electrons. The zero-order valence-corrected chi connectivity index (χ0v) is 7.12. The van der Waals surface area contributed by atoms with Gasteiger partial charge in [0.25, 0.3) is 0 Å². The van der Waals surface area contributed by atoms with Crippen molar-refractivity contribution in [2.45, 2.75) is 39.2 Å². The minimum Gasteiger partial charge on any atom is -0.327 e. The molecule has 0 heterocycles. The molecule has 0 aliphatic rings. The lowest BCUT2D eigenvalue weighted by molar-refractivity contribution is 0.696. The summed E-state index contributed by atoms with van der Waals surface area (Å²) in [5.41, 5.74) is 5.56. The molecule has 0 spiro atoms. The Labute approximate surface area is 63.4 Å². The van der Waals surface area contributed by atoms with Gasteiger partial charge in [-0.2, -0.15) is 12.6 Å². The largest absolute Gasteiger partial charge is 0.327 e. The number of thiol groups is 1. The number of hydrogen-bond donors (Lipinski definition) is 2. The van der Waals surface area contributed by atoms with E-state index in [-0.39, 0.29) is 6.04 Å². The molecule has 2 heteroatoms. The second-order valence-corrected chi connectivity index (χ2v) is 2.96. The molecule has 2 N–H and O–H groups in total. The summed E-state index contributed by atoms with van der Waals surface area (Å²) in [6.07, 6.45) is 3.49. The van der Waals surface area contributed by atoms with Crippen molar-refractivity contribution in [3.8, 4) is 0 Å². The molecule has 1 atom stereocenters. The number of unbranched alkanes of at least 4 members (excludes halogenated alkanes) is 1. The highest BCUT2D eigenvalue weighted by Gasteiger charge is 2.06. The van der Waals surface area contributed by atoms with Crippen molar-refractivity contribution >= 4 is 12.6 Å². The first-order valence-corrected chi connectivity index (χ1v) is 3.93. The third kappa shape index (κ3) is 4.79. The SMILES string of the molecule is CCCC[C](S)C(C)N. The number of nitrogens with two attached hydrogens (primary N) is 1. The van der Waals surface area contributed by atoms with Crippen molar-refractivity contribution in [2.24, 2.45) is 5.73 Å². The van der Waals surface area contributed by atoms with Crippen LogP contribution in [0.3, 0.4) is 0 Å². The van der Waals surface area contributed by atoms with E-state index >= 15 is 0 Å². The Morgan fingerprint density at radius 2 is 2.22 bits per heavy atom. The standard InChI is InChI=1S/C7H16NS/c1-3-4-5-7(9)6(2)8/h6,9H,3-5,8H2,1-2H3. The van der Waals surface area contributed by atoms with Gasteiger partial charge in [0.2, 0.25) is 0 Å². The summed E-state index contributed by atoms with van der Waals surface area (Å²) >= 11 is 4.25. The van der Waals surface area contributed by atoms with Gasteiger partial charge in [-0.25, -0.2) is 0 Å². The molecule has 0 aromatic heterocycles. The molecule has 0 saturated heterocycles. The second kappa shape index (κ2) is 5.12. The van der Waals surface area contributed by atoms with Crippen LogP contribution in [0.1, 0.15) is 33.1 Å². The van der Waals surface area contributed by atoms with Gasteiger partial charge in [0.1, 0.15) is 0 Å². The summed E-state index contributed by atoms with van der Waals surface area (Å²) in [6.45, 7) is 4.14. The van der Waals surface area contributed by atoms with Crippen LogP contribution >= 0.6 is 12.6 Å². The molecule has 0 aromatic carbocycles. The zero-order valence-electron chi connectivity index (χ0n) is 6.22. The highest BCUT2D eigenvalue weighted by molar-refractivity contribution is 7.83. The highest BCUT2D eigenvalue weighted by atomic mass is 32.1. The minimum absolute atomic E-state index is 0.153. The Balaban J connectivity index is 3.16. The first-order chi connectivity index (χ1) is 4.18. The van der Waals surface area contributed by atoms with E-state index in [2.05, 4.69) is 19.6 Å². The van der Waals surface area contributed by atoms with Gasteiger partial charge in [0.15, 0.2) is 0 Å². The van der Waals surface area contributed by atoms with Gasteiger partial charge < -0.3 is 5.73 Å². The minimum atomic E-state index is 0.153. The van der Waals surface area contributed by atoms with Crippen molar-refractivity contribution in [2.75, 3.05) is 0 Å². The van der Waals surface area contributed by atoms with Crippen LogP contribution in [0, 0.1) is 5.25 Å². The van der Waals surface area contributed by atoms with Crippen molar-refractivity contribution in [1.82, 2.24) is 0 Å². The maximum atomic E-state index is 5.56. The topological polar surface area (TPSA) is 26.0 Å². The molecule has 0 bridgehead atoms. The summed E-state index contributed by atoms with van der Waals surface area (Å²) in [5.74, 6) is 0. The van der Waals surface area contributed by atoms with Crippen molar-refractivity contribution < 1.29 is 0 Å². The van der Waals surface area contributed by atoms with Crippen LogP contribution in [-0.2, 0) is 0 Å². The smallest absolute Gasteiger partial charge is 0.0436 e. The molecule has 9 heavy (non-hydrogen) atoms. The van der Waals surface area contributed by atoms with Gasteiger partial charge in [-0.3, -0.25) is 0 Å². The van der Waals surface area contributed by atoms with Crippen molar-refractivity contribution in [3.63, 3.8) is 0 Å². The molecule has 0 amide bonds. The third-order valence-electron chi connectivity index (χ3n) is 1.31. The molecule has 0 saturated carbocycles. The van der Waals surface area contributed by atoms with E-state index in [0.717, 1.165) is 11.7 Å². The summed E-state index contributed by atoms with van der Waals surface area (Å²) in [6, 6.07) is 0.153. The van der Waals surface area contributed by atoms with E-state index in [1.807, 2.05) is 6.92 Å². The fourth-order valence-corrected chi connectivity index (χ4v) is 0.744. The van der Waals surface area contributed by atoms with Crippen LogP contribution in [0.15, 0.2) is 0 Å². The quantitative estimate of drug-likeness (QED) is 0.583. The molecular weight excluding hydrogens is 130 g/mol. The molecular formula is C7H16NS. The normalized spacial score (nSPS) is 14.3. The molecule has 55 valence electrons. The van der Waals surface area contributed by atoms with Gasteiger partial charge in [0, 0.05) is 11.3 Å². The van der Waals surface area contributed by atoms with Crippen LogP contribution in [0.2, 0.25) is 0 Å². The Morgan fingerprint density at radius 1 is 1.67 bits per heavy atom. The van der Waals surface area contributed by atoms with E-state index in [0.29, 0.717) is 0 Å². The van der Waals surface area contributed by atoms with E-state index < -0.39 is 0 Å². The van der Waals surface area contributed by atoms with Gasteiger partial charge >= 0.3 is 0 Å². The molecule has 0 aliphatic carbocycles. The van der Waals surface area contributed by atoms with E-state index in [4.69, 9.17) is 5.73 Å². The second-order valence-electron chi connectivity index (χ2n) is 2.38. The predicted molar refractivity (Wildman–Crippen MR) is 45.4 cm³/mol.